The van der Waals surface area contributed by atoms with E-state index in [0.717, 1.165) is 29.8 Å². The second-order valence-electron chi connectivity index (χ2n) is 6.27. The number of benzene rings is 2. The van der Waals surface area contributed by atoms with Crippen LogP contribution < -0.4 is 20.1 Å². The molecule has 1 atom stereocenters. The van der Waals surface area contributed by atoms with Crippen molar-refractivity contribution in [2.75, 3.05) is 19.5 Å². The first-order chi connectivity index (χ1) is 12.1. The van der Waals surface area contributed by atoms with E-state index in [1.807, 2.05) is 31.2 Å². The summed E-state index contributed by atoms with van der Waals surface area (Å²) in [7, 11) is 3.23. The third-order valence-corrected chi connectivity index (χ3v) is 4.61. The summed E-state index contributed by atoms with van der Waals surface area (Å²) in [4.78, 5) is 12.4. The maximum absolute atomic E-state index is 12.4. The van der Waals surface area contributed by atoms with Crippen molar-refractivity contribution >= 4 is 11.7 Å². The molecule has 0 spiro atoms. The van der Waals surface area contributed by atoms with Crippen LogP contribution in [-0.2, 0) is 12.8 Å². The van der Waals surface area contributed by atoms with E-state index in [-0.39, 0.29) is 12.1 Å². The van der Waals surface area contributed by atoms with Crippen molar-refractivity contribution in [1.82, 2.24) is 5.32 Å². The van der Waals surface area contributed by atoms with E-state index >= 15 is 0 Å². The molecular weight excluding hydrogens is 316 g/mol. The highest BCUT2D eigenvalue weighted by Gasteiger charge is 2.16. The molecule has 2 aromatic carbocycles. The second kappa shape index (κ2) is 7.47. The predicted molar refractivity (Wildman–Crippen MR) is 98.6 cm³/mol. The Morgan fingerprint density at radius 3 is 2.60 bits per heavy atom. The number of carbonyl (C=O) groups excluding carboxylic acids is 1. The Balaban J connectivity index is 1.68. The summed E-state index contributed by atoms with van der Waals surface area (Å²) in [6.45, 7) is 1.92. The number of ether oxygens (including phenoxy) is 2. The number of carbonyl (C=O) groups is 1. The summed E-state index contributed by atoms with van der Waals surface area (Å²) in [5.41, 5.74) is 4.41. The summed E-state index contributed by atoms with van der Waals surface area (Å²) in [6.07, 6.45) is 3.41. The van der Waals surface area contributed by atoms with Gasteiger partial charge in [-0.3, -0.25) is 0 Å². The third kappa shape index (κ3) is 3.87. The normalized spacial score (nSPS) is 13.7. The predicted octanol–water partition coefficient (Wildman–Crippen LogP) is 4.08. The van der Waals surface area contributed by atoms with Gasteiger partial charge in [0.1, 0.15) is 11.5 Å². The number of methoxy groups -OCH3 is 2. The minimum absolute atomic E-state index is 0.223. The molecule has 3 rings (SSSR count). The van der Waals surface area contributed by atoms with Crippen LogP contribution in [0.25, 0.3) is 0 Å². The van der Waals surface area contributed by atoms with Crippen LogP contribution in [0.15, 0.2) is 36.4 Å². The van der Waals surface area contributed by atoms with Crippen molar-refractivity contribution in [3.8, 4) is 11.5 Å². The monoisotopic (exact) mass is 340 g/mol. The lowest BCUT2D eigenvalue weighted by molar-refractivity contribution is 0.249. The molecule has 2 N–H and O–H groups in total. The van der Waals surface area contributed by atoms with Crippen LogP contribution in [0.1, 0.15) is 36.1 Å². The van der Waals surface area contributed by atoms with Crippen LogP contribution in [0, 0.1) is 0 Å². The Hall–Kier alpha value is -2.69. The number of rotatable bonds is 5. The van der Waals surface area contributed by atoms with Gasteiger partial charge in [-0.2, -0.15) is 0 Å². The number of urea groups is 1. The molecule has 5 heteroatoms. The number of nitrogens with one attached hydrogen (secondary N) is 2. The molecule has 2 aromatic rings. The molecule has 5 nitrogen and oxygen atoms in total. The van der Waals surface area contributed by atoms with Gasteiger partial charge in [-0.25, -0.2) is 4.79 Å². The fraction of sp³-hybridized carbons (Fsp3) is 0.350. The van der Waals surface area contributed by atoms with Gasteiger partial charge < -0.3 is 20.1 Å². The third-order valence-electron chi connectivity index (χ3n) is 4.61. The zero-order chi connectivity index (χ0) is 17.8. The molecule has 25 heavy (non-hydrogen) atoms. The lowest BCUT2D eigenvalue weighted by Crippen LogP contribution is -2.31. The average molecular weight is 340 g/mol. The first kappa shape index (κ1) is 17.1. The Kier molecular flexibility index (Phi) is 5.12. The topological polar surface area (TPSA) is 59.6 Å². The average Bonchev–Trinajstić information content (AvgIpc) is 3.08. The number of hydrogen-bond acceptors (Lipinski definition) is 3. The quantitative estimate of drug-likeness (QED) is 0.862. The van der Waals surface area contributed by atoms with Gasteiger partial charge in [-0.15, -0.1) is 0 Å². The van der Waals surface area contributed by atoms with Crippen LogP contribution in [0.5, 0.6) is 11.5 Å². The standard InChI is InChI=1S/C20H24N2O3/c1-13(18-12-17(24-2)9-10-19(18)25-3)21-20(23)22-16-8-7-14-5-4-6-15(14)11-16/h7-13H,4-6H2,1-3H3,(H2,21,22,23). The van der Waals surface area contributed by atoms with Gasteiger partial charge >= 0.3 is 6.03 Å². The van der Waals surface area contributed by atoms with Gasteiger partial charge in [0.05, 0.1) is 20.3 Å². The Morgan fingerprint density at radius 2 is 1.84 bits per heavy atom. The van der Waals surface area contributed by atoms with Crippen LogP contribution in [0.3, 0.4) is 0 Å². The smallest absolute Gasteiger partial charge is 0.319 e. The van der Waals surface area contributed by atoms with Crippen molar-refractivity contribution in [3.63, 3.8) is 0 Å². The minimum atomic E-state index is -0.240. The van der Waals surface area contributed by atoms with Gasteiger partial charge in [0.2, 0.25) is 0 Å². The highest BCUT2D eigenvalue weighted by Crippen LogP contribution is 2.29. The molecule has 0 bridgehead atoms. The van der Waals surface area contributed by atoms with E-state index in [1.54, 1.807) is 14.2 Å². The zero-order valence-electron chi connectivity index (χ0n) is 14.9. The molecule has 1 aliphatic carbocycles. The summed E-state index contributed by atoms with van der Waals surface area (Å²) >= 11 is 0. The van der Waals surface area contributed by atoms with Crippen LogP contribution >= 0.6 is 0 Å². The molecule has 0 aliphatic heterocycles. The Bertz CT molecular complexity index is 774. The molecule has 0 heterocycles. The van der Waals surface area contributed by atoms with Crippen molar-refractivity contribution in [2.45, 2.75) is 32.2 Å². The van der Waals surface area contributed by atoms with E-state index in [0.29, 0.717) is 5.75 Å². The fourth-order valence-corrected chi connectivity index (χ4v) is 3.27. The van der Waals surface area contributed by atoms with E-state index in [9.17, 15) is 4.79 Å². The van der Waals surface area contributed by atoms with Gasteiger partial charge in [-0.1, -0.05) is 6.07 Å². The highest BCUT2D eigenvalue weighted by molar-refractivity contribution is 5.89. The first-order valence-electron chi connectivity index (χ1n) is 8.52. The summed E-state index contributed by atoms with van der Waals surface area (Å²) in [6, 6.07) is 11.2. The van der Waals surface area contributed by atoms with Gasteiger partial charge in [0.15, 0.2) is 0 Å². The lowest BCUT2D eigenvalue weighted by atomic mass is 10.1. The van der Waals surface area contributed by atoms with Crippen LogP contribution in [-0.4, -0.2) is 20.3 Å². The first-order valence-corrected chi connectivity index (χ1v) is 8.52. The molecule has 1 aliphatic rings. The van der Waals surface area contributed by atoms with Gasteiger partial charge in [-0.05, 0) is 67.6 Å². The number of fused-ring (bicyclic) bond motifs is 1. The summed E-state index contributed by atoms with van der Waals surface area (Å²) in [5.74, 6) is 1.44. The van der Waals surface area contributed by atoms with Gasteiger partial charge in [0, 0.05) is 11.3 Å². The summed E-state index contributed by atoms with van der Waals surface area (Å²) in [5, 5.41) is 5.87. The van der Waals surface area contributed by atoms with Crippen molar-refractivity contribution < 1.29 is 14.3 Å². The number of hydrogen-bond donors (Lipinski definition) is 2. The molecule has 0 saturated heterocycles. The molecule has 0 radical (unpaired) electrons. The number of aryl methyl sites for hydroxylation is 2. The van der Waals surface area contributed by atoms with Crippen molar-refractivity contribution in [2.24, 2.45) is 0 Å². The Labute approximate surface area is 148 Å². The van der Waals surface area contributed by atoms with E-state index in [2.05, 4.69) is 22.8 Å². The van der Waals surface area contributed by atoms with Crippen LogP contribution in [0.4, 0.5) is 10.5 Å². The molecule has 1 unspecified atom stereocenters. The summed E-state index contributed by atoms with van der Waals surface area (Å²) < 4.78 is 10.7. The van der Waals surface area contributed by atoms with Crippen LogP contribution in [0.2, 0.25) is 0 Å². The van der Waals surface area contributed by atoms with E-state index in [4.69, 9.17) is 9.47 Å². The number of anilines is 1. The second-order valence-corrected chi connectivity index (χ2v) is 6.27. The molecule has 0 aromatic heterocycles. The molecule has 2 amide bonds. The van der Waals surface area contributed by atoms with Gasteiger partial charge in [0.25, 0.3) is 0 Å². The maximum Gasteiger partial charge on any atom is 0.319 e. The van der Waals surface area contributed by atoms with Crippen molar-refractivity contribution in [3.05, 3.63) is 53.1 Å². The molecule has 0 saturated carbocycles. The Morgan fingerprint density at radius 1 is 1.04 bits per heavy atom. The lowest BCUT2D eigenvalue weighted by Gasteiger charge is -2.18. The molecular formula is C20H24N2O3. The minimum Gasteiger partial charge on any atom is -0.497 e. The van der Waals surface area contributed by atoms with Crippen molar-refractivity contribution in [1.29, 1.82) is 0 Å². The molecule has 132 valence electrons. The maximum atomic E-state index is 12.4. The number of amides is 2. The zero-order valence-corrected chi connectivity index (χ0v) is 14.9. The molecule has 0 fully saturated rings. The fourth-order valence-electron chi connectivity index (χ4n) is 3.27. The largest absolute Gasteiger partial charge is 0.497 e. The SMILES string of the molecule is COc1ccc(OC)c(C(C)NC(=O)Nc2ccc3c(c2)CCC3)c1. The van der Waals surface area contributed by atoms with E-state index in [1.165, 1.54) is 17.5 Å². The highest BCUT2D eigenvalue weighted by atomic mass is 16.5. The van der Waals surface area contributed by atoms with E-state index < -0.39 is 0 Å².